The second-order valence-electron chi connectivity index (χ2n) is 8.98. The molecule has 190 valence electrons. The summed E-state index contributed by atoms with van der Waals surface area (Å²) in [6.07, 6.45) is 1.02. The number of aliphatic imine (C=N–C) groups is 1. The Morgan fingerprint density at radius 3 is 2.56 bits per heavy atom. The molecule has 2 aliphatic rings. The molecule has 1 aliphatic carbocycles. The van der Waals surface area contributed by atoms with Gasteiger partial charge < -0.3 is 14.2 Å². The molecular weight excluding hydrogens is 474 g/mol. The van der Waals surface area contributed by atoms with Crippen LogP contribution in [-0.2, 0) is 14.3 Å². The van der Waals surface area contributed by atoms with Crippen LogP contribution in [0.1, 0.15) is 49.7 Å². The van der Waals surface area contributed by atoms with Gasteiger partial charge in [0.2, 0.25) is 0 Å². The first-order chi connectivity index (χ1) is 17.5. The van der Waals surface area contributed by atoms with Crippen molar-refractivity contribution < 1.29 is 23.8 Å². The monoisotopic (exact) mass is 507 g/mol. The van der Waals surface area contributed by atoms with Crippen LogP contribution in [0.4, 0.5) is 0 Å². The molecule has 36 heavy (non-hydrogen) atoms. The van der Waals surface area contributed by atoms with Crippen LogP contribution in [0.2, 0.25) is 0 Å². The lowest BCUT2D eigenvalue weighted by Crippen LogP contribution is -2.38. The largest absolute Gasteiger partial charge is 0.497 e. The second kappa shape index (κ2) is 11.8. The Morgan fingerprint density at radius 1 is 1.08 bits per heavy atom. The Balaban J connectivity index is 1.77. The summed E-state index contributed by atoms with van der Waals surface area (Å²) in [5.41, 5.74) is 3.90. The average molecular weight is 508 g/mol. The van der Waals surface area contributed by atoms with E-state index in [0.29, 0.717) is 42.2 Å². The third-order valence-electron chi connectivity index (χ3n) is 6.87. The van der Waals surface area contributed by atoms with Crippen LogP contribution in [0.5, 0.6) is 11.5 Å². The summed E-state index contributed by atoms with van der Waals surface area (Å²) in [5.74, 6) is 1.38. The third kappa shape index (κ3) is 5.36. The molecule has 0 bridgehead atoms. The first kappa shape index (κ1) is 26.0. The maximum Gasteiger partial charge on any atom is 0.315 e. The number of hydrogen-bond acceptors (Lipinski definition) is 7. The number of methoxy groups -OCH3 is 2. The van der Waals surface area contributed by atoms with Gasteiger partial charge in [0.05, 0.1) is 14.2 Å². The normalized spacial score (nSPS) is 21.5. The third-order valence-corrected chi connectivity index (χ3v) is 7.73. The van der Waals surface area contributed by atoms with Crippen molar-refractivity contribution in [1.29, 1.82) is 0 Å². The quantitative estimate of drug-likeness (QED) is 0.326. The summed E-state index contributed by atoms with van der Waals surface area (Å²) in [6.45, 7) is 4.25. The van der Waals surface area contributed by atoms with E-state index in [1.165, 1.54) is 0 Å². The summed E-state index contributed by atoms with van der Waals surface area (Å²) in [7, 11) is 3.18. The minimum atomic E-state index is -0.699. The van der Waals surface area contributed by atoms with Gasteiger partial charge in [-0.3, -0.25) is 14.6 Å². The molecule has 0 saturated carbocycles. The molecule has 2 aromatic carbocycles. The van der Waals surface area contributed by atoms with Crippen LogP contribution in [0, 0.1) is 5.92 Å². The van der Waals surface area contributed by atoms with E-state index in [9.17, 15) is 9.59 Å². The lowest BCUT2D eigenvalue weighted by molar-refractivity contribution is -0.145. The number of ether oxygens (including phenoxy) is 3. The fraction of sp³-hybridized carbons (Fsp3) is 0.414. The number of allylic oxidation sites excluding steroid dienone is 2. The molecule has 0 spiro atoms. The summed E-state index contributed by atoms with van der Waals surface area (Å²) in [4.78, 5) is 32.0. The molecule has 0 N–H and O–H groups in total. The molecule has 0 aromatic heterocycles. The number of rotatable bonds is 9. The van der Waals surface area contributed by atoms with Gasteiger partial charge in [-0.15, -0.1) is 0 Å². The Hall–Kier alpha value is -3.06. The zero-order chi connectivity index (χ0) is 25.7. The Bertz CT molecular complexity index is 1170. The van der Waals surface area contributed by atoms with Crippen molar-refractivity contribution in [3.05, 3.63) is 70.9 Å². The fourth-order valence-electron chi connectivity index (χ4n) is 5.17. The molecule has 0 amide bonds. The van der Waals surface area contributed by atoms with Gasteiger partial charge in [0.25, 0.3) is 0 Å². The van der Waals surface area contributed by atoms with Crippen molar-refractivity contribution in [1.82, 2.24) is 0 Å². The van der Waals surface area contributed by atoms with Crippen molar-refractivity contribution in [3.8, 4) is 11.5 Å². The molecule has 4 rings (SSSR count). The Kier molecular flexibility index (Phi) is 8.52. The Morgan fingerprint density at radius 2 is 1.86 bits per heavy atom. The zero-order valence-electron chi connectivity index (χ0n) is 21.3. The van der Waals surface area contributed by atoms with Crippen LogP contribution >= 0.6 is 11.8 Å². The average Bonchev–Trinajstić information content (AvgIpc) is 2.90. The molecule has 0 saturated heterocycles. The van der Waals surface area contributed by atoms with Gasteiger partial charge >= 0.3 is 5.97 Å². The van der Waals surface area contributed by atoms with Crippen LogP contribution in [0.15, 0.2) is 64.8 Å². The Labute approximate surface area is 217 Å². The molecule has 1 heterocycles. The molecule has 1 aliphatic heterocycles. The van der Waals surface area contributed by atoms with Crippen LogP contribution < -0.4 is 9.47 Å². The lowest BCUT2D eigenvalue weighted by atomic mass is 9.69. The summed E-state index contributed by atoms with van der Waals surface area (Å²) >= 11 is 1.72. The topological polar surface area (TPSA) is 74.2 Å². The van der Waals surface area contributed by atoms with E-state index in [1.807, 2.05) is 37.3 Å². The highest BCUT2D eigenvalue weighted by Gasteiger charge is 2.45. The molecule has 0 fully saturated rings. The predicted molar refractivity (Wildman–Crippen MR) is 143 cm³/mol. The van der Waals surface area contributed by atoms with Crippen molar-refractivity contribution in [2.45, 2.75) is 38.5 Å². The molecule has 1 unspecified atom stereocenters. The van der Waals surface area contributed by atoms with E-state index < -0.39 is 11.8 Å². The number of carbonyl (C=O) groups excluding carboxylic acids is 2. The molecule has 2 aromatic rings. The van der Waals surface area contributed by atoms with Crippen molar-refractivity contribution >= 4 is 29.2 Å². The van der Waals surface area contributed by atoms with Gasteiger partial charge in [0.1, 0.15) is 24.0 Å². The first-order valence-corrected chi connectivity index (χ1v) is 13.5. The first-order valence-electron chi connectivity index (χ1n) is 12.3. The number of hydrogen-bond donors (Lipinski definition) is 0. The van der Waals surface area contributed by atoms with E-state index in [-0.39, 0.29) is 17.7 Å². The zero-order valence-corrected chi connectivity index (χ0v) is 22.1. The van der Waals surface area contributed by atoms with Gasteiger partial charge in [-0.1, -0.05) is 43.3 Å². The van der Waals surface area contributed by atoms with E-state index >= 15 is 0 Å². The maximum absolute atomic E-state index is 13.7. The molecule has 0 radical (unpaired) electrons. The van der Waals surface area contributed by atoms with Crippen molar-refractivity contribution in [2.24, 2.45) is 10.9 Å². The van der Waals surface area contributed by atoms with Crippen molar-refractivity contribution in [2.75, 3.05) is 32.3 Å². The summed E-state index contributed by atoms with van der Waals surface area (Å²) in [6, 6.07) is 15.6. The number of Topliss-reactive ketones (excluding diaryl/α,β-unsaturated/α-hetero) is 1. The maximum atomic E-state index is 13.7. The number of ketones is 1. The van der Waals surface area contributed by atoms with Crippen LogP contribution in [0.3, 0.4) is 0 Å². The summed E-state index contributed by atoms with van der Waals surface area (Å²) < 4.78 is 16.8. The number of esters is 1. The minimum Gasteiger partial charge on any atom is -0.497 e. The standard InChI is InChI=1S/C29H33NO5S/c1-5-36-14-13-35-29(32)26-18(2)30-23-15-20(19-9-7-6-8-10-19)16-24(31)28(23)27(26)22-12-11-21(33-3)17-25(22)34-4/h6-12,17,20,26-27H,5,13-16H2,1-4H3/t20-,26?,27-/m0/s1. The molecule has 6 nitrogen and oxygen atoms in total. The van der Waals surface area contributed by atoms with Crippen LogP contribution in [-0.4, -0.2) is 49.8 Å². The van der Waals surface area contributed by atoms with Gasteiger partial charge in [0.15, 0.2) is 5.78 Å². The van der Waals surface area contributed by atoms with E-state index in [0.717, 1.165) is 28.3 Å². The highest BCUT2D eigenvalue weighted by molar-refractivity contribution is 7.99. The summed E-state index contributed by atoms with van der Waals surface area (Å²) in [5, 5.41) is 0. The van der Waals surface area contributed by atoms with Gasteiger partial charge in [0, 0.05) is 46.7 Å². The van der Waals surface area contributed by atoms with Crippen LogP contribution in [0.25, 0.3) is 0 Å². The van der Waals surface area contributed by atoms with E-state index in [2.05, 4.69) is 19.1 Å². The minimum absolute atomic E-state index is 0.0172. The number of carbonyl (C=O) groups is 2. The van der Waals surface area contributed by atoms with E-state index in [1.54, 1.807) is 32.0 Å². The number of benzene rings is 2. The van der Waals surface area contributed by atoms with E-state index in [4.69, 9.17) is 19.2 Å². The number of nitrogens with zero attached hydrogens (tertiary/aromatic N) is 1. The van der Waals surface area contributed by atoms with Gasteiger partial charge in [-0.25, -0.2) is 0 Å². The molecular formula is C29H33NO5S. The lowest BCUT2D eigenvalue weighted by Gasteiger charge is -2.37. The number of thioether (sulfide) groups is 1. The highest BCUT2D eigenvalue weighted by atomic mass is 32.2. The molecule has 3 atom stereocenters. The van der Waals surface area contributed by atoms with Gasteiger partial charge in [-0.05, 0) is 36.6 Å². The second-order valence-corrected chi connectivity index (χ2v) is 10.4. The fourth-order valence-corrected chi connectivity index (χ4v) is 5.66. The SMILES string of the molecule is CCSCCOC(=O)C1C(C)=NC2=C(C(=O)C[C@@H](c3ccccc3)C2)[C@H]1c1ccc(OC)cc1OC. The highest BCUT2D eigenvalue weighted by Crippen LogP contribution is 2.49. The predicted octanol–water partition coefficient (Wildman–Crippen LogP) is 5.58. The van der Waals surface area contributed by atoms with Crippen molar-refractivity contribution in [3.63, 3.8) is 0 Å². The molecule has 7 heteroatoms. The van der Waals surface area contributed by atoms with Gasteiger partial charge in [-0.2, -0.15) is 11.8 Å². The smallest absolute Gasteiger partial charge is 0.315 e.